The highest BCUT2D eigenvalue weighted by Crippen LogP contribution is 2.16. The lowest BCUT2D eigenvalue weighted by Gasteiger charge is -2.26. The van der Waals surface area contributed by atoms with E-state index in [1.54, 1.807) is 11.8 Å². The van der Waals surface area contributed by atoms with Crippen molar-refractivity contribution in [3.05, 3.63) is 0 Å². The van der Waals surface area contributed by atoms with Crippen LogP contribution in [0.4, 0.5) is 4.79 Å². The van der Waals surface area contributed by atoms with E-state index in [-0.39, 0.29) is 24.1 Å². The zero-order chi connectivity index (χ0) is 16.0. The molecule has 1 amide bonds. The highest BCUT2D eigenvalue weighted by Gasteiger charge is 2.26. The smallest absolute Gasteiger partial charge is 0.410 e. The molecule has 0 aromatic heterocycles. The van der Waals surface area contributed by atoms with Gasteiger partial charge in [-0.15, -0.1) is 0 Å². The van der Waals surface area contributed by atoms with E-state index in [0.717, 1.165) is 19.3 Å². The molecule has 1 saturated heterocycles. The highest BCUT2D eigenvalue weighted by atomic mass is 16.6. The quantitative estimate of drug-likeness (QED) is 0.807. The summed E-state index contributed by atoms with van der Waals surface area (Å²) in [6.07, 6.45) is 2.37. The van der Waals surface area contributed by atoms with Crippen molar-refractivity contribution >= 4 is 12.1 Å². The van der Waals surface area contributed by atoms with Gasteiger partial charge in [0.1, 0.15) is 11.6 Å². The van der Waals surface area contributed by atoms with Crippen molar-refractivity contribution in [2.75, 3.05) is 20.2 Å². The predicted molar refractivity (Wildman–Crippen MR) is 80.1 cm³/mol. The van der Waals surface area contributed by atoms with Crippen LogP contribution in [-0.2, 0) is 14.3 Å². The molecule has 0 aliphatic carbocycles. The summed E-state index contributed by atoms with van der Waals surface area (Å²) in [6, 6.07) is -0.111. The minimum atomic E-state index is -0.472. The third kappa shape index (κ3) is 6.33. The second kappa shape index (κ2) is 7.64. The first kappa shape index (κ1) is 17.8. The molecule has 1 heterocycles. The van der Waals surface area contributed by atoms with Gasteiger partial charge in [-0.05, 0) is 47.0 Å². The van der Waals surface area contributed by atoms with E-state index in [9.17, 15) is 9.59 Å². The Kier molecular flexibility index (Phi) is 6.45. The molecule has 1 aliphatic heterocycles. The normalized spacial score (nSPS) is 21.4. The molecular formula is C15H28N2O4. The number of carbonyl (C=O) groups excluding carboxylic acids is 2. The largest absolute Gasteiger partial charge is 0.468 e. The zero-order valence-electron chi connectivity index (χ0n) is 13.8. The lowest BCUT2D eigenvalue weighted by atomic mass is 10.1. The molecule has 122 valence electrons. The van der Waals surface area contributed by atoms with Crippen LogP contribution in [0.1, 0.15) is 47.0 Å². The van der Waals surface area contributed by atoms with Gasteiger partial charge in [-0.25, -0.2) is 4.79 Å². The molecule has 0 saturated carbocycles. The Morgan fingerprint density at radius 1 is 1.24 bits per heavy atom. The van der Waals surface area contributed by atoms with Crippen LogP contribution in [0.2, 0.25) is 0 Å². The van der Waals surface area contributed by atoms with E-state index in [2.05, 4.69) is 5.32 Å². The van der Waals surface area contributed by atoms with E-state index >= 15 is 0 Å². The molecule has 6 heteroatoms. The van der Waals surface area contributed by atoms with Gasteiger partial charge in [-0.3, -0.25) is 4.79 Å². The number of nitrogens with zero attached hydrogens (tertiary/aromatic N) is 1. The topological polar surface area (TPSA) is 67.9 Å². The Labute approximate surface area is 127 Å². The minimum absolute atomic E-state index is 0.214. The summed E-state index contributed by atoms with van der Waals surface area (Å²) in [5.74, 6) is -0.261. The summed E-state index contributed by atoms with van der Waals surface area (Å²) in [6.45, 7) is 8.73. The Balaban J connectivity index is 2.47. The summed E-state index contributed by atoms with van der Waals surface area (Å²) in [7, 11) is 1.39. The van der Waals surface area contributed by atoms with E-state index in [4.69, 9.17) is 9.47 Å². The highest BCUT2D eigenvalue weighted by molar-refractivity contribution is 5.75. The van der Waals surface area contributed by atoms with E-state index < -0.39 is 5.60 Å². The fourth-order valence-corrected chi connectivity index (χ4v) is 2.37. The van der Waals surface area contributed by atoms with Crippen molar-refractivity contribution < 1.29 is 19.1 Å². The number of nitrogens with one attached hydrogen (secondary N) is 1. The molecule has 0 radical (unpaired) electrons. The Morgan fingerprint density at radius 3 is 2.48 bits per heavy atom. The molecule has 0 spiro atoms. The van der Waals surface area contributed by atoms with Crippen LogP contribution in [0, 0.1) is 0 Å². The van der Waals surface area contributed by atoms with Gasteiger partial charge >= 0.3 is 12.1 Å². The summed E-state index contributed by atoms with van der Waals surface area (Å²) >= 11 is 0. The van der Waals surface area contributed by atoms with Gasteiger partial charge in [0.2, 0.25) is 0 Å². The predicted octanol–water partition coefficient (Wildman–Crippen LogP) is 1.93. The molecule has 21 heavy (non-hydrogen) atoms. The number of ether oxygens (including phenoxy) is 2. The van der Waals surface area contributed by atoms with E-state index in [0.29, 0.717) is 13.1 Å². The standard InChI is InChI=1S/C15H28N2O4/c1-11(13(18)20-5)16-12-7-6-9-17(10-8-12)14(19)21-15(2,3)4/h11-12,16H,6-10H2,1-5H3. The van der Waals surface area contributed by atoms with Crippen molar-refractivity contribution in [2.24, 2.45) is 0 Å². The second-order valence-electron chi connectivity index (χ2n) is 6.51. The van der Waals surface area contributed by atoms with Crippen LogP contribution < -0.4 is 5.32 Å². The molecule has 2 atom stereocenters. The first-order valence-electron chi connectivity index (χ1n) is 7.54. The monoisotopic (exact) mass is 300 g/mol. The van der Waals surface area contributed by atoms with Crippen molar-refractivity contribution in [1.82, 2.24) is 10.2 Å². The number of likely N-dealkylation sites (tertiary alicyclic amines) is 1. The number of amides is 1. The van der Waals surface area contributed by atoms with E-state index in [1.807, 2.05) is 20.8 Å². The van der Waals surface area contributed by atoms with Gasteiger partial charge in [0.15, 0.2) is 0 Å². The summed E-state index contributed by atoms with van der Waals surface area (Å²) < 4.78 is 10.1. The Hall–Kier alpha value is -1.30. The summed E-state index contributed by atoms with van der Waals surface area (Å²) in [5, 5.41) is 3.26. The summed E-state index contributed by atoms with van der Waals surface area (Å²) in [5.41, 5.74) is -0.472. The van der Waals surface area contributed by atoms with Crippen LogP contribution in [0.3, 0.4) is 0 Å². The van der Waals surface area contributed by atoms with Crippen LogP contribution >= 0.6 is 0 Å². The molecule has 1 N–H and O–H groups in total. The van der Waals surface area contributed by atoms with Gasteiger partial charge < -0.3 is 19.7 Å². The zero-order valence-corrected chi connectivity index (χ0v) is 13.8. The molecule has 0 aromatic carbocycles. The maximum Gasteiger partial charge on any atom is 0.410 e. The summed E-state index contributed by atoms with van der Waals surface area (Å²) in [4.78, 5) is 25.2. The van der Waals surface area contributed by atoms with Crippen molar-refractivity contribution in [2.45, 2.75) is 64.6 Å². The van der Waals surface area contributed by atoms with Crippen LogP contribution in [0.5, 0.6) is 0 Å². The number of hydrogen-bond acceptors (Lipinski definition) is 5. The maximum absolute atomic E-state index is 12.1. The van der Waals surface area contributed by atoms with Crippen molar-refractivity contribution in [1.29, 1.82) is 0 Å². The Morgan fingerprint density at radius 2 is 1.90 bits per heavy atom. The SMILES string of the molecule is COC(=O)C(C)NC1CCCN(C(=O)OC(C)(C)C)CC1. The second-order valence-corrected chi connectivity index (χ2v) is 6.51. The van der Waals surface area contributed by atoms with Crippen LogP contribution in [0.15, 0.2) is 0 Å². The number of carbonyl (C=O) groups is 2. The van der Waals surface area contributed by atoms with Gasteiger partial charge in [0.25, 0.3) is 0 Å². The first-order chi connectivity index (χ1) is 9.73. The molecular weight excluding hydrogens is 272 g/mol. The van der Waals surface area contributed by atoms with Crippen molar-refractivity contribution in [3.8, 4) is 0 Å². The Bertz CT molecular complexity index is 365. The van der Waals surface area contributed by atoms with Crippen molar-refractivity contribution in [3.63, 3.8) is 0 Å². The molecule has 2 unspecified atom stereocenters. The molecule has 1 aliphatic rings. The molecule has 6 nitrogen and oxygen atoms in total. The third-order valence-electron chi connectivity index (χ3n) is 3.42. The van der Waals surface area contributed by atoms with Crippen LogP contribution in [-0.4, -0.2) is 54.8 Å². The van der Waals surface area contributed by atoms with E-state index in [1.165, 1.54) is 7.11 Å². The van der Waals surface area contributed by atoms with Crippen LogP contribution in [0.25, 0.3) is 0 Å². The first-order valence-corrected chi connectivity index (χ1v) is 7.54. The number of hydrogen-bond donors (Lipinski definition) is 1. The number of rotatable bonds is 3. The minimum Gasteiger partial charge on any atom is -0.468 e. The van der Waals surface area contributed by atoms with Gasteiger partial charge in [-0.1, -0.05) is 0 Å². The fourth-order valence-electron chi connectivity index (χ4n) is 2.37. The lowest BCUT2D eigenvalue weighted by molar-refractivity contribution is -0.142. The molecule has 1 rings (SSSR count). The molecule has 1 fully saturated rings. The fraction of sp³-hybridized carbons (Fsp3) is 0.867. The van der Waals surface area contributed by atoms with Gasteiger partial charge in [-0.2, -0.15) is 0 Å². The number of esters is 1. The lowest BCUT2D eigenvalue weighted by Crippen LogP contribution is -2.43. The average molecular weight is 300 g/mol. The number of methoxy groups -OCH3 is 1. The third-order valence-corrected chi connectivity index (χ3v) is 3.42. The van der Waals surface area contributed by atoms with Gasteiger partial charge in [0, 0.05) is 19.1 Å². The molecule has 0 bridgehead atoms. The maximum atomic E-state index is 12.1. The average Bonchev–Trinajstić information content (AvgIpc) is 2.61. The molecule has 0 aromatic rings. The van der Waals surface area contributed by atoms with Gasteiger partial charge in [0.05, 0.1) is 7.11 Å².